The smallest absolute Gasteiger partial charge is 0.276 e. The zero-order valence-electron chi connectivity index (χ0n) is 14.3. The maximum absolute atomic E-state index is 12.7. The summed E-state index contributed by atoms with van der Waals surface area (Å²) in [6.07, 6.45) is 4.89. The molecule has 6 heteroatoms. The number of H-pyrrole nitrogens is 1. The number of fused-ring (bicyclic) bond motifs is 1. The lowest BCUT2D eigenvalue weighted by atomic mass is 10.1. The monoisotopic (exact) mass is 348 g/mol. The minimum Gasteiger partial charge on any atom is -0.382 e. The Bertz CT molecular complexity index is 1010. The maximum Gasteiger partial charge on any atom is 0.276 e. The highest BCUT2D eigenvalue weighted by molar-refractivity contribution is 6.11. The summed E-state index contributed by atoms with van der Waals surface area (Å²) in [5.74, 6) is -0.351. The molecule has 132 valence electrons. The highest BCUT2D eigenvalue weighted by Gasteiger charge is 2.16. The first-order valence-corrected chi connectivity index (χ1v) is 8.86. The van der Waals surface area contributed by atoms with Crippen molar-refractivity contribution in [1.82, 2.24) is 10.2 Å². The van der Waals surface area contributed by atoms with Gasteiger partial charge in [0.05, 0.1) is 5.39 Å². The number of nitrogens with zero attached hydrogens (tertiary/aromatic N) is 1. The summed E-state index contributed by atoms with van der Waals surface area (Å²) >= 11 is 0. The van der Waals surface area contributed by atoms with Gasteiger partial charge in [-0.3, -0.25) is 9.59 Å². The van der Waals surface area contributed by atoms with Crippen molar-refractivity contribution >= 4 is 28.1 Å². The molecule has 0 radical (unpaired) electrons. The molecule has 3 N–H and O–H groups in total. The number of hydrogen-bond donors (Lipinski definition) is 3. The molecular weight excluding hydrogens is 328 g/mol. The molecule has 1 aliphatic rings. The molecule has 0 aliphatic heterocycles. The Hall–Kier alpha value is -3.15. The van der Waals surface area contributed by atoms with Crippen molar-refractivity contribution in [2.24, 2.45) is 0 Å². The number of carbonyl (C=O) groups excluding carboxylic acids is 1. The molecule has 6 nitrogen and oxygen atoms in total. The molecular formula is C20H20N4O2. The van der Waals surface area contributed by atoms with Crippen LogP contribution in [-0.4, -0.2) is 22.1 Å². The van der Waals surface area contributed by atoms with E-state index in [0.717, 1.165) is 5.69 Å². The second-order valence-corrected chi connectivity index (χ2v) is 6.61. The van der Waals surface area contributed by atoms with E-state index in [-0.39, 0.29) is 17.2 Å². The van der Waals surface area contributed by atoms with Crippen molar-refractivity contribution in [2.75, 3.05) is 10.6 Å². The fourth-order valence-corrected chi connectivity index (χ4v) is 3.47. The van der Waals surface area contributed by atoms with Gasteiger partial charge in [0.15, 0.2) is 5.69 Å². The van der Waals surface area contributed by atoms with E-state index in [1.165, 1.54) is 25.7 Å². The van der Waals surface area contributed by atoms with E-state index in [1.54, 1.807) is 24.3 Å². The van der Waals surface area contributed by atoms with E-state index in [2.05, 4.69) is 20.8 Å². The lowest BCUT2D eigenvalue weighted by molar-refractivity contribution is 0.102. The van der Waals surface area contributed by atoms with Crippen molar-refractivity contribution in [3.63, 3.8) is 0 Å². The summed E-state index contributed by atoms with van der Waals surface area (Å²) in [6.45, 7) is 0. The van der Waals surface area contributed by atoms with Crippen LogP contribution >= 0.6 is 0 Å². The third-order valence-corrected chi connectivity index (χ3v) is 4.76. The van der Waals surface area contributed by atoms with Crippen molar-refractivity contribution in [2.45, 2.75) is 31.7 Å². The zero-order chi connectivity index (χ0) is 17.9. The topological polar surface area (TPSA) is 86.9 Å². The summed E-state index contributed by atoms with van der Waals surface area (Å²) < 4.78 is 0. The zero-order valence-corrected chi connectivity index (χ0v) is 14.3. The maximum atomic E-state index is 12.7. The Morgan fingerprint density at radius 1 is 1.00 bits per heavy atom. The predicted octanol–water partition coefficient (Wildman–Crippen LogP) is 3.53. The first-order valence-electron chi connectivity index (χ1n) is 8.86. The van der Waals surface area contributed by atoms with Gasteiger partial charge in [0.25, 0.3) is 11.5 Å². The molecule has 0 saturated heterocycles. The first kappa shape index (κ1) is 16.3. The van der Waals surface area contributed by atoms with Gasteiger partial charge in [-0.05, 0) is 37.1 Å². The molecule has 1 heterocycles. The lowest BCUT2D eigenvalue weighted by Gasteiger charge is -2.14. The van der Waals surface area contributed by atoms with Crippen molar-refractivity contribution in [3.8, 4) is 0 Å². The minimum atomic E-state index is -0.351. The van der Waals surface area contributed by atoms with Crippen LogP contribution in [0.25, 0.3) is 10.8 Å². The average molecular weight is 348 g/mol. The van der Waals surface area contributed by atoms with Gasteiger partial charge in [0.2, 0.25) is 0 Å². The highest BCUT2D eigenvalue weighted by Crippen LogP contribution is 2.24. The summed E-state index contributed by atoms with van der Waals surface area (Å²) in [6, 6.07) is 15.1. The Morgan fingerprint density at radius 3 is 2.54 bits per heavy atom. The highest BCUT2D eigenvalue weighted by atomic mass is 16.2. The van der Waals surface area contributed by atoms with Gasteiger partial charge in [-0.1, -0.05) is 37.1 Å². The molecule has 0 atom stereocenters. The average Bonchev–Trinajstić information content (AvgIpc) is 3.15. The summed E-state index contributed by atoms with van der Waals surface area (Å²) in [7, 11) is 0. The predicted molar refractivity (Wildman–Crippen MR) is 103 cm³/mol. The van der Waals surface area contributed by atoms with E-state index in [0.29, 0.717) is 22.5 Å². The molecule has 1 saturated carbocycles. The SMILES string of the molecule is O=C(Nc1cccc(NC2CCCC2)c1)c1n[nH]c(=O)c2ccccc12. The number of amides is 1. The van der Waals surface area contributed by atoms with E-state index in [9.17, 15) is 9.59 Å². The molecule has 1 aliphatic carbocycles. The third kappa shape index (κ3) is 3.31. The third-order valence-electron chi connectivity index (χ3n) is 4.76. The van der Waals surface area contributed by atoms with Crippen LogP contribution in [0.3, 0.4) is 0 Å². The fourth-order valence-electron chi connectivity index (χ4n) is 3.47. The Labute approximate surface area is 150 Å². The molecule has 0 spiro atoms. The number of benzene rings is 2. The van der Waals surface area contributed by atoms with Crippen LogP contribution in [0.5, 0.6) is 0 Å². The normalized spacial score (nSPS) is 14.5. The molecule has 26 heavy (non-hydrogen) atoms. The fraction of sp³-hybridized carbons (Fsp3) is 0.250. The summed E-state index contributed by atoms with van der Waals surface area (Å²) in [5.41, 5.74) is 1.58. The number of aromatic nitrogens is 2. The van der Waals surface area contributed by atoms with E-state index < -0.39 is 0 Å². The number of carbonyl (C=O) groups is 1. The molecule has 3 aromatic rings. The second-order valence-electron chi connectivity index (χ2n) is 6.61. The molecule has 0 unspecified atom stereocenters. The van der Waals surface area contributed by atoms with Crippen LogP contribution in [0.4, 0.5) is 11.4 Å². The molecule has 2 aromatic carbocycles. The lowest BCUT2D eigenvalue weighted by Crippen LogP contribution is -2.19. The summed E-state index contributed by atoms with van der Waals surface area (Å²) in [4.78, 5) is 24.5. The van der Waals surface area contributed by atoms with Gasteiger partial charge < -0.3 is 10.6 Å². The van der Waals surface area contributed by atoms with Crippen molar-refractivity contribution in [3.05, 3.63) is 64.6 Å². The van der Waals surface area contributed by atoms with Crippen LogP contribution in [0.2, 0.25) is 0 Å². The number of aromatic amines is 1. The number of rotatable bonds is 4. The Kier molecular flexibility index (Phi) is 4.39. The molecule has 1 amide bonds. The second kappa shape index (κ2) is 7.00. The largest absolute Gasteiger partial charge is 0.382 e. The van der Waals surface area contributed by atoms with Gasteiger partial charge in [0.1, 0.15) is 0 Å². The minimum absolute atomic E-state index is 0.203. The molecule has 1 aromatic heterocycles. The number of hydrogen-bond acceptors (Lipinski definition) is 4. The quantitative estimate of drug-likeness (QED) is 0.673. The molecule has 0 bridgehead atoms. The number of nitrogens with one attached hydrogen (secondary N) is 3. The van der Waals surface area contributed by atoms with Gasteiger partial charge >= 0.3 is 0 Å². The Balaban J connectivity index is 1.57. The van der Waals surface area contributed by atoms with Crippen molar-refractivity contribution in [1.29, 1.82) is 0 Å². The number of anilines is 2. The van der Waals surface area contributed by atoms with Crippen LogP contribution in [0.1, 0.15) is 36.2 Å². The Morgan fingerprint density at radius 2 is 1.73 bits per heavy atom. The summed E-state index contributed by atoms with van der Waals surface area (Å²) in [5, 5.41) is 13.7. The van der Waals surface area contributed by atoms with E-state index in [1.807, 2.05) is 24.3 Å². The van der Waals surface area contributed by atoms with Gasteiger partial charge in [0, 0.05) is 22.8 Å². The van der Waals surface area contributed by atoms with Crippen LogP contribution < -0.4 is 16.2 Å². The van der Waals surface area contributed by atoms with E-state index in [4.69, 9.17) is 0 Å². The van der Waals surface area contributed by atoms with Gasteiger partial charge in [-0.15, -0.1) is 0 Å². The standard InChI is InChI=1S/C20H20N4O2/c25-19-17-11-4-3-10-16(17)18(23-24-19)20(26)22-15-9-5-8-14(12-15)21-13-6-1-2-7-13/h3-5,8-13,21H,1-2,6-7H2,(H,22,26)(H,24,25). The van der Waals surface area contributed by atoms with Gasteiger partial charge in [-0.2, -0.15) is 5.10 Å². The first-order chi connectivity index (χ1) is 12.7. The van der Waals surface area contributed by atoms with Crippen LogP contribution in [-0.2, 0) is 0 Å². The molecule has 4 rings (SSSR count). The molecule has 1 fully saturated rings. The van der Waals surface area contributed by atoms with E-state index >= 15 is 0 Å². The van der Waals surface area contributed by atoms with Crippen LogP contribution in [0, 0.1) is 0 Å². The van der Waals surface area contributed by atoms with Crippen molar-refractivity contribution < 1.29 is 4.79 Å². The van der Waals surface area contributed by atoms with Gasteiger partial charge in [-0.25, -0.2) is 5.10 Å². The van der Waals surface area contributed by atoms with Crippen LogP contribution in [0.15, 0.2) is 53.3 Å².